The second-order valence-corrected chi connectivity index (χ2v) is 9.23. The molecule has 2 rings (SSSR count). The van der Waals surface area contributed by atoms with Crippen molar-refractivity contribution in [3.63, 3.8) is 0 Å². The fraction of sp³-hybridized carbons (Fsp3) is 0.615. The fourth-order valence-electron chi connectivity index (χ4n) is 2.44. The highest BCUT2D eigenvalue weighted by molar-refractivity contribution is 7.91. The van der Waals surface area contributed by atoms with Crippen molar-refractivity contribution in [2.75, 3.05) is 13.1 Å². The highest BCUT2D eigenvalue weighted by Crippen LogP contribution is 2.33. The van der Waals surface area contributed by atoms with E-state index in [0.29, 0.717) is 18.0 Å². The van der Waals surface area contributed by atoms with Crippen LogP contribution in [-0.2, 0) is 21.2 Å². The minimum absolute atomic E-state index is 0.00747. The Morgan fingerprint density at radius 2 is 2.15 bits per heavy atom. The number of nitrogens with zero attached hydrogens (tertiary/aromatic N) is 1. The third-order valence-electron chi connectivity index (χ3n) is 3.42. The second-order valence-electron chi connectivity index (χ2n) is 5.90. The normalized spacial score (nSPS) is 19.9. The lowest BCUT2D eigenvalue weighted by atomic mass is 9.85. The van der Waals surface area contributed by atoms with Gasteiger partial charge in [-0.1, -0.05) is 13.8 Å². The van der Waals surface area contributed by atoms with Crippen LogP contribution in [0.2, 0.25) is 0 Å². The zero-order valence-corrected chi connectivity index (χ0v) is 13.3. The molecule has 0 radical (unpaired) electrons. The van der Waals surface area contributed by atoms with Crippen LogP contribution in [0.25, 0.3) is 0 Å². The van der Waals surface area contributed by atoms with E-state index in [0.717, 1.165) is 24.2 Å². The summed E-state index contributed by atoms with van der Waals surface area (Å²) in [5, 5.41) is 8.74. The van der Waals surface area contributed by atoms with Crippen LogP contribution in [0.5, 0.6) is 0 Å². The van der Waals surface area contributed by atoms with Gasteiger partial charge in [-0.15, -0.1) is 11.3 Å². The summed E-state index contributed by atoms with van der Waals surface area (Å²) in [6.07, 6.45) is 1.75. The van der Waals surface area contributed by atoms with E-state index in [1.54, 1.807) is 6.07 Å². The topological polar surface area (TPSA) is 74.7 Å². The van der Waals surface area contributed by atoms with Gasteiger partial charge in [0.15, 0.2) is 0 Å². The van der Waals surface area contributed by atoms with Crippen molar-refractivity contribution >= 4 is 27.3 Å². The van der Waals surface area contributed by atoms with Crippen LogP contribution in [0.4, 0.5) is 0 Å². The van der Waals surface area contributed by atoms with Gasteiger partial charge in [-0.3, -0.25) is 4.79 Å². The highest BCUT2D eigenvalue weighted by Gasteiger charge is 2.34. The number of piperidine rings is 1. The molecule has 2 heterocycles. The number of sulfonamides is 1. The second kappa shape index (κ2) is 5.46. The minimum atomic E-state index is -3.49. The van der Waals surface area contributed by atoms with Crippen molar-refractivity contribution in [3.05, 3.63) is 17.0 Å². The van der Waals surface area contributed by atoms with Crippen molar-refractivity contribution in [2.24, 2.45) is 5.41 Å². The molecule has 1 saturated heterocycles. The Bertz CT molecular complexity index is 604. The van der Waals surface area contributed by atoms with Gasteiger partial charge in [-0.25, -0.2) is 8.42 Å². The zero-order chi connectivity index (χ0) is 15.0. The maximum absolute atomic E-state index is 12.6. The van der Waals surface area contributed by atoms with E-state index < -0.39 is 16.0 Å². The number of thiophene rings is 1. The molecule has 1 aromatic heterocycles. The lowest BCUT2D eigenvalue weighted by Crippen LogP contribution is -2.43. The van der Waals surface area contributed by atoms with Crippen LogP contribution in [0, 0.1) is 5.41 Å². The Balaban J connectivity index is 2.21. The molecule has 0 bridgehead atoms. The first kappa shape index (κ1) is 15.5. The maximum atomic E-state index is 12.6. The van der Waals surface area contributed by atoms with Crippen molar-refractivity contribution in [2.45, 2.75) is 37.3 Å². The van der Waals surface area contributed by atoms with Gasteiger partial charge in [-0.2, -0.15) is 4.31 Å². The van der Waals surface area contributed by atoms with Gasteiger partial charge >= 0.3 is 5.97 Å². The molecule has 20 heavy (non-hydrogen) atoms. The minimum Gasteiger partial charge on any atom is -0.481 e. The molecule has 1 aromatic rings. The standard InChI is InChI=1S/C13H19NO4S2/c1-13(2)6-3-7-14(9-13)20(17,18)12-5-4-10(19-12)8-11(15)16/h4-5H,3,6-9H2,1-2H3,(H,15,16). The lowest BCUT2D eigenvalue weighted by molar-refractivity contribution is -0.136. The molecule has 7 heteroatoms. The molecule has 0 amide bonds. The van der Waals surface area contributed by atoms with Gasteiger partial charge < -0.3 is 5.11 Å². The average molecular weight is 317 g/mol. The number of carboxylic acid groups (broad SMARTS) is 1. The summed E-state index contributed by atoms with van der Waals surface area (Å²) in [4.78, 5) is 11.2. The van der Waals surface area contributed by atoms with Crippen molar-refractivity contribution in [1.82, 2.24) is 4.31 Å². The molecule has 1 aliphatic rings. The Kier molecular flexibility index (Phi) is 4.22. The van der Waals surface area contributed by atoms with E-state index in [2.05, 4.69) is 13.8 Å². The zero-order valence-electron chi connectivity index (χ0n) is 11.6. The van der Waals surface area contributed by atoms with Crippen LogP contribution >= 0.6 is 11.3 Å². The largest absolute Gasteiger partial charge is 0.481 e. The molecule has 1 aliphatic heterocycles. The van der Waals surface area contributed by atoms with Crippen LogP contribution in [0.1, 0.15) is 31.6 Å². The quantitative estimate of drug-likeness (QED) is 0.923. The summed E-state index contributed by atoms with van der Waals surface area (Å²) >= 11 is 1.05. The van der Waals surface area contributed by atoms with Crippen LogP contribution in [-0.4, -0.2) is 36.9 Å². The SMILES string of the molecule is CC1(C)CCCN(S(=O)(=O)c2ccc(CC(=O)O)s2)C1. The molecular weight excluding hydrogens is 298 g/mol. The molecule has 112 valence electrons. The first-order valence-electron chi connectivity index (χ1n) is 6.51. The number of carboxylic acids is 1. The first-order valence-corrected chi connectivity index (χ1v) is 8.77. The monoisotopic (exact) mass is 317 g/mol. The van der Waals surface area contributed by atoms with Crippen LogP contribution in [0.15, 0.2) is 16.3 Å². The Hall–Kier alpha value is -0.920. The number of hydrogen-bond acceptors (Lipinski definition) is 4. The van der Waals surface area contributed by atoms with E-state index in [9.17, 15) is 13.2 Å². The van der Waals surface area contributed by atoms with Crippen molar-refractivity contribution in [3.8, 4) is 0 Å². The van der Waals surface area contributed by atoms with Crippen molar-refractivity contribution in [1.29, 1.82) is 0 Å². The third-order valence-corrected chi connectivity index (χ3v) is 6.82. The van der Waals surface area contributed by atoms with Crippen LogP contribution < -0.4 is 0 Å². The maximum Gasteiger partial charge on any atom is 0.308 e. The summed E-state index contributed by atoms with van der Waals surface area (Å²) in [7, 11) is -3.49. The summed E-state index contributed by atoms with van der Waals surface area (Å²) in [5.41, 5.74) is -0.00747. The van der Waals surface area contributed by atoms with Gasteiger partial charge in [0, 0.05) is 18.0 Å². The van der Waals surface area contributed by atoms with Gasteiger partial charge in [0.2, 0.25) is 0 Å². The van der Waals surface area contributed by atoms with Gasteiger partial charge in [0.1, 0.15) is 4.21 Å². The first-order chi connectivity index (χ1) is 9.21. The van der Waals surface area contributed by atoms with Gasteiger partial charge in [-0.05, 0) is 30.4 Å². The van der Waals surface area contributed by atoms with Gasteiger partial charge in [0.25, 0.3) is 10.0 Å². The van der Waals surface area contributed by atoms with E-state index >= 15 is 0 Å². The molecule has 0 spiro atoms. The predicted octanol–water partition coefficient (Wildman–Crippen LogP) is 2.19. The van der Waals surface area contributed by atoms with E-state index in [1.165, 1.54) is 10.4 Å². The number of hydrogen-bond donors (Lipinski definition) is 1. The predicted molar refractivity (Wildman–Crippen MR) is 77.4 cm³/mol. The highest BCUT2D eigenvalue weighted by atomic mass is 32.2. The summed E-state index contributed by atoms with van der Waals surface area (Å²) in [5.74, 6) is -0.949. The smallest absolute Gasteiger partial charge is 0.308 e. The Morgan fingerprint density at radius 3 is 2.75 bits per heavy atom. The Morgan fingerprint density at radius 1 is 1.45 bits per heavy atom. The molecule has 0 saturated carbocycles. The molecule has 0 atom stereocenters. The summed E-state index contributed by atoms with van der Waals surface area (Å²) < 4.78 is 26.9. The van der Waals surface area contributed by atoms with E-state index in [4.69, 9.17) is 5.11 Å². The molecule has 0 aliphatic carbocycles. The van der Waals surface area contributed by atoms with Gasteiger partial charge in [0.05, 0.1) is 6.42 Å². The molecule has 1 fully saturated rings. The average Bonchev–Trinajstić information content (AvgIpc) is 2.75. The summed E-state index contributed by atoms with van der Waals surface area (Å²) in [6.45, 7) is 5.19. The molecule has 0 aromatic carbocycles. The molecule has 0 unspecified atom stereocenters. The van der Waals surface area contributed by atoms with Crippen molar-refractivity contribution < 1.29 is 18.3 Å². The van der Waals surface area contributed by atoms with E-state index in [1.807, 2.05) is 0 Å². The van der Waals surface area contributed by atoms with Crippen LogP contribution in [0.3, 0.4) is 0 Å². The number of aliphatic carboxylic acids is 1. The number of carbonyl (C=O) groups is 1. The summed E-state index contributed by atoms with van der Waals surface area (Å²) in [6, 6.07) is 3.10. The number of rotatable bonds is 4. The van der Waals surface area contributed by atoms with E-state index in [-0.39, 0.29) is 16.0 Å². The Labute approximate surface area is 123 Å². The third kappa shape index (κ3) is 3.39. The lowest BCUT2D eigenvalue weighted by Gasteiger charge is -2.36. The molecular formula is C13H19NO4S2. The molecule has 5 nitrogen and oxygen atoms in total. The molecule has 1 N–H and O–H groups in total. The fourth-order valence-corrected chi connectivity index (χ4v) is 5.61.